The first-order chi connectivity index (χ1) is 9.13. The zero-order chi connectivity index (χ0) is 13.4. The van der Waals surface area contributed by atoms with Crippen molar-refractivity contribution in [3.8, 4) is 0 Å². The van der Waals surface area contributed by atoms with Crippen molar-refractivity contribution in [3.05, 3.63) is 46.1 Å². The Morgan fingerprint density at radius 2 is 2.00 bits per heavy atom. The Kier molecular flexibility index (Phi) is 3.29. The maximum atomic E-state index is 13.7. The second kappa shape index (κ2) is 4.94. The van der Waals surface area contributed by atoms with Crippen LogP contribution in [0.1, 0.15) is 24.6 Å². The first kappa shape index (κ1) is 12.6. The molecule has 0 saturated heterocycles. The fraction of sp³-hybridized carbons (Fsp3) is 0.231. The van der Waals surface area contributed by atoms with Crippen LogP contribution >= 0.6 is 23.2 Å². The van der Waals surface area contributed by atoms with Gasteiger partial charge in [-0.25, -0.2) is 14.4 Å². The van der Waals surface area contributed by atoms with Crippen LogP contribution in [0.25, 0.3) is 0 Å². The molecule has 1 aliphatic rings. The zero-order valence-corrected chi connectivity index (χ0v) is 11.3. The van der Waals surface area contributed by atoms with Gasteiger partial charge in [-0.15, -0.1) is 0 Å². The van der Waals surface area contributed by atoms with Crippen molar-refractivity contribution in [2.75, 3.05) is 5.32 Å². The Balaban J connectivity index is 1.94. The normalized spacial score (nSPS) is 14.5. The van der Waals surface area contributed by atoms with E-state index >= 15 is 0 Å². The molecule has 1 N–H and O–H groups in total. The van der Waals surface area contributed by atoms with Gasteiger partial charge < -0.3 is 5.32 Å². The smallest absolute Gasteiger partial charge is 0.148 e. The summed E-state index contributed by atoms with van der Waals surface area (Å²) in [6.45, 7) is 0. The molecule has 1 heterocycles. The van der Waals surface area contributed by atoms with E-state index in [1.807, 2.05) is 0 Å². The van der Waals surface area contributed by atoms with Gasteiger partial charge in [-0.1, -0.05) is 29.3 Å². The third-order valence-electron chi connectivity index (χ3n) is 2.87. The summed E-state index contributed by atoms with van der Waals surface area (Å²) < 4.78 is 13.7. The molecule has 19 heavy (non-hydrogen) atoms. The summed E-state index contributed by atoms with van der Waals surface area (Å²) >= 11 is 11.9. The summed E-state index contributed by atoms with van der Waals surface area (Å²) in [6.07, 6.45) is 2.14. The molecule has 0 amide bonds. The van der Waals surface area contributed by atoms with Crippen LogP contribution in [0, 0.1) is 5.82 Å². The van der Waals surface area contributed by atoms with E-state index in [1.54, 1.807) is 18.2 Å². The van der Waals surface area contributed by atoms with Crippen molar-refractivity contribution in [1.29, 1.82) is 0 Å². The topological polar surface area (TPSA) is 37.8 Å². The number of hydrogen-bond acceptors (Lipinski definition) is 3. The lowest BCUT2D eigenvalue weighted by atomic mass is 10.3. The summed E-state index contributed by atoms with van der Waals surface area (Å²) in [6, 6.07) is 6.04. The van der Waals surface area contributed by atoms with Crippen LogP contribution in [0.3, 0.4) is 0 Å². The van der Waals surface area contributed by atoms with Gasteiger partial charge in [0.05, 0.1) is 10.7 Å². The highest BCUT2D eigenvalue weighted by molar-refractivity contribution is 6.33. The van der Waals surface area contributed by atoms with Crippen LogP contribution in [-0.4, -0.2) is 9.97 Å². The molecule has 98 valence electrons. The zero-order valence-electron chi connectivity index (χ0n) is 9.83. The first-order valence-corrected chi connectivity index (χ1v) is 6.64. The molecule has 1 aromatic heterocycles. The number of rotatable bonds is 3. The van der Waals surface area contributed by atoms with E-state index in [9.17, 15) is 4.39 Å². The third kappa shape index (κ3) is 2.80. The minimum Gasteiger partial charge on any atom is -0.336 e. The number of nitrogens with zero attached hydrogens (tertiary/aromatic N) is 2. The minimum atomic E-state index is -0.435. The molecule has 0 radical (unpaired) electrons. The average molecular weight is 298 g/mol. The first-order valence-electron chi connectivity index (χ1n) is 5.89. The lowest BCUT2D eigenvalue weighted by Crippen LogP contribution is -2.01. The molecule has 0 spiro atoms. The molecule has 1 aromatic carbocycles. The predicted octanol–water partition coefficient (Wildman–Crippen LogP) is 4.54. The SMILES string of the molecule is Fc1cccc(Cl)c1Nc1cc(Cl)nc(C2CC2)n1. The summed E-state index contributed by atoms with van der Waals surface area (Å²) in [5.74, 6) is 1.09. The van der Waals surface area contributed by atoms with Crippen molar-refractivity contribution in [3.63, 3.8) is 0 Å². The number of hydrogen-bond donors (Lipinski definition) is 1. The van der Waals surface area contributed by atoms with Gasteiger partial charge in [0.1, 0.15) is 22.6 Å². The number of halogens is 3. The lowest BCUT2D eigenvalue weighted by Gasteiger charge is -2.10. The van der Waals surface area contributed by atoms with E-state index < -0.39 is 5.82 Å². The van der Waals surface area contributed by atoms with Crippen molar-refractivity contribution < 1.29 is 4.39 Å². The highest BCUT2D eigenvalue weighted by atomic mass is 35.5. The Morgan fingerprint density at radius 3 is 2.68 bits per heavy atom. The van der Waals surface area contributed by atoms with Gasteiger partial charge in [-0.3, -0.25) is 0 Å². The van der Waals surface area contributed by atoms with Crippen molar-refractivity contribution in [1.82, 2.24) is 9.97 Å². The highest BCUT2D eigenvalue weighted by Gasteiger charge is 2.27. The van der Waals surface area contributed by atoms with E-state index in [1.165, 1.54) is 6.07 Å². The average Bonchev–Trinajstić information content (AvgIpc) is 3.17. The Morgan fingerprint density at radius 1 is 1.21 bits per heavy atom. The van der Waals surface area contributed by atoms with Crippen LogP contribution in [0.4, 0.5) is 15.9 Å². The van der Waals surface area contributed by atoms with Crippen LogP contribution in [-0.2, 0) is 0 Å². The quantitative estimate of drug-likeness (QED) is 0.845. The molecule has 0 aliphatic heterocycles. The summed E-state index contributed by atoms with van der Waals surface area (Å²) in [4.78, 5) is 8.51. The largest absolute Gasteiger partial charge is 0.336 e. The van der Waals surface area contributed by atoms with Gasteiger partial charge >= 0.3 is 0 Å². The van der Waals surface area contributed by atoms with Gasteiger partial charge in [0.2, 0.25) is 0 Å². The molecule has 1 saturated carbocycles. The predicted molar refractivity (Wildman–Crippen MR) is 73.7 cm³/mol. The second-order valence-corrected chi connectivity index (χ2v) is 5.22. The summed E-state index contributed by atoms with van der Waals surface area (Å²) in [7, 11) is 0. The van der Waals surface area contributed by atoms with Crippen LogP contribution in [0.5, 0.6) is 0 Å². The monoisotopic (exact) mass is 297 g/mol. The van der Waals surface area contributed by atoms with Crippen molar-refractivity contribution in [2.45, 2.75) is 18.8 Å². The van der Waals surface area contributed by atoms with E-state index in [4.69, 9.17) is 23.2 Å². The molecule has 0 bridgehead atoms. The highest BCUT2D eigenvalue weighted by Crippen LogP contribution is 2.39. The second-order valence-electron chi connectivity index (χ2n) is 4.43. The van der Waals surface area contributed by atoms with Gasteiger partial charge in [0.15, 0.2) is 0 Å². The standard InChI is InChI=1S/C13H10Cl2FN3/c14-8-2-1-3-9(16)12(8)18-11-6-10(15)17-13(19-11)7-4-5-7/h1-3,6-7H,4-5H2,(H,17,18,19). The maximum Gasteiger partial charge on any atom is 0.148 e. The molecule has 1 aliphatic carbocycles. The number of nitrogens with one attached hydrogen (secondary N) is 1. The van der Waals surface area contributed by atoms with Crippen molar-refractivity contribution in [2.24, 2.45) is 0 Å². The van der Waals surface area contributed by atoms with Crippen molar-refractivity contribution >= 4 is 34.7 Å². The summed E-state index contributed by atoms with van der Waals surface area (Å²) in [5.41, 5.74) is 0.195. The molecule has 2 aromatic rings. The number of para-hydroxylation sites is 1. The van der Waals surface area contributed by atoms with Crippen LogP contribution in [0.2, 0.25) is 10.2 Å². The fourth-order valence-corrected chi connectivity index (χ4v) is 2.17. The van der Waals surface area contributed by atoms with Gasteiger partial charge in [0, 0.05) is 12.0 Å². The molecule has 1 fully saturated rings. The Bertz CT molecular complexity index is 609. The molecular weight excluding hydrogens is 288 g/mol. The molecule has 0 atom stereocenters. The van der Waals surface area contributed by atoms with E-state index in [0.29, 0.717) is 27.7 Å². The van der Waals surface area contributed by atoms with Gasteiger partial charge in [-0.05, 0) is 25.0 Å². The molecular formula is C13H10Cl2FN3. The van der Waals surface area contributed by atoms with Crippen LogP contribution < -0.4 is 5.32 Å². The fourth-order valence-electron chi connectivity index (χ4n) is 1.77. The number of aromatic nitrogens is 2. The molecule has 6 heteroatoms. The van der Waals surface area contributed by atoms with Gasteiger partial charge in [0.25, 0.3) is 0 Å². The molecule has 3 rings (SSSR count). The van der Waals surface area contributed by atoms with E-state index in [-0.39, 0.29) is 5.69 Å². The number of benzene rings is 1. The molecule has 0 unspecified atom stereocenters. The van der Waals surface area contributed by atoms with Crippen LogP contribution in [0.15, 0.2) is 24.3 Å². The van der Waals surface area contributed by atoms with E-state index in [2.05, 4.69) is 15.3 Å². The third-order valence-corrected chi connectivity index (χ3v) is 3.38. The lowest BCUT2D eigenvalue weighted by molar-refractivity contribution is 0.632. The maximum absolute atomic E-state index is 13.7. The number of anilines is 2. The Hall–Kier alpha value is -1.39. The van der Waals surface area contributed by atoms with E-state index in [0.717, 1.165) is 12.8 Å². The Labute approximate surface area is 119 Å². The summed E-state index contributed by atoms with van der Waals surface area (Å²) in [5, 5.41) is 3.50. The minimum absolute atomic E-state index is 0.195. The van der Waals surface area contributed by atoms with Gasteiger partial charge in [-0.2, -0.15) is 0 Å². The molecule has 3 nitrogen and oxygen atoms in total.